The summed E-state index contributed by atoms with van der Waals surface area (Å²) >= 11 is 1.76. The number of aliphatic hydroxyl groups is 2. The average molecular weight is 791 g/mol. The van der Waals surface area contributed by atoms with Gasteiger partial charge in [0.05, 0.1) is 31.5 Å². The van der Waals surface area contributed by atoms with Gasteiger partial charge in [0.2, 0.25) is 5.79 Å². The van der Waals surface area contributed by atoms with Gasteiger partial charge in [0.1, 0.15) is 24.1 Å². The van der Waals surface area contributed by atoms with E-state index in [1.165, 1.54) is 4.90 Å². The molecular weight excluding hydrogens is 729 g/mol. The highest BCUT2D eigenvalue weighted by Crippen LogP contribution is 2.62. The number of rotatable bonds is 24. The fourth-order valence-corrected chi connectivity index (χ4v) is 9.40. The van der Waals surface area contributed by atoms with Crippen LogP contribution in [0.1, 0.15) is 83.1 Å². The molecule has 0 radical (unpaired) electrons. The fourth-order valence-electron chi connectivity index (χ4n) is 8.64. The number of amides is 1. The Hall–Kier alpha value is -3.77. The number of benzene rings is 2. The first-order valence-corrected chi connectivity index (χ1v) is 21.5. The molecule has 0 aromatic heterocycles. The lowest BCUT2D eigenvalue weighted by atomic mass is 9.55. The molecule has 1 fully saturated rings. The molecule has 0 spiro atoms. The number of fused-ring (bicyclic) bond motifs is 2. The standard InChI is InChI=1S/C45H62N2O8S/c1-5-9-27-52-44(50)47(23-6-2)41-32-39(46-54-8-4)37-30-33(17-13-15-24-48)36(20-14-16-25-49)42-38-31-34(51-28-29-56-35-18-11-10-12-19-35)21-22-40(38)55-45(41,43(37)42)53-26-7-3/h5,7,10-12,18-19,21-22,30-31,33,36,41-43,48-49H,1,3,6,8-9,13-17,20,23-29,32H2,2,4H3/t33-,36+,41-,42+,43+,45+/m0/s1. The van der Waals surface area contributed by atoms with E-state index >= 15 is 0 Å². The number of oxime groups is 1. The SMILES string of the molecule is C=CCCOC(=O)N(CCC)[C@H]1CC(=NOCC)C2=C[C@H](CCCCO)[C@@H](CCCCO)[C@@H]3c4cc(OCCSc5ccccc5)ccc4O[C@@]1(OCC=C)[C@H]23. The zero-order valence-electron chi connectivity index (χ0n) is 33.3. The molecule has 1 saturated carbocycles. The normalized spacial score (nSPS) is 24.2. The number of hydrogen-bond acceptors (Lipinski definition) is 10. The highest BCUT2D eigenvalue weighted by molar-refractivity contribution is 7.99. The van der Waals surface area contributed by atoms with E-state index in [0.29, 0.717) is 57.6 Å². The van der Waals surface area contributed by atoms with E-state index < -0.39 is 17.9 Å². The molecule has 0 bridgehead atoms. The topological polar surface area (TPSA) is 119 Å². The van der Waals surface area contributed by atoms with Gasteiger partial charge in [-0.1, -0.05) is 61.3 Å². The second kappa shape index (κ2) is 22.2. The Morgan fingerprint density at radius 1 is 1.04 bits per heavy atom. The van der Waals surface area contributed by atoms with Gasteiger partial charge < -0.3 is 34.0 Å². The summed E-state index contributed by atoms with van der Waals surface area (Å²) in [6.45, 7) is 13.8. The van der Waals surface area contributed by atoms with E-state index in [4.69, 9.17) is 28.9 Å². The van der Waals surface area contributed by atoms with Gasteiger partial charge in [0.15, 0.2) is 0 Å². The number of unbranched alkanes of at least 4 members (excludes halogenated alkanes) is 2. The summed E-state index contributed by atoms with van der Waals surface area (Å²) < 4.78 is 26.5. The smallest absolute Gasteiger partial charge is 0.410 e. The molecule has 2 aromatic carbocycles. The molecule has 5 rings (SSSR count). The molecule has 2 aromatic rings. The number of thioether (sulfide) groups is 1. The number of ether oxygens (including phenoxy) is 4. The van der Waals surface area contributed by atoms with E-state index in [1.54, 1.807) is 28.8 Å². The maximum atomic E-state index is 14.1. The minimum absolute atomic E-state index is 0.120. The molecule has 3 aliphatic rings. The highest BCUT2D eigenvalue weighted by Gasteiger charge is 2.65. The zero-order valence-corrected chi connectivity index (χ0v) is 34.1. The van der Waals surface area contributed by atoms with Crippen molar-refractivity contribution in [3.05, 3.63) is 91.1 Å². The Morgan fingerprint density at radius 2 is 1.82 bits per heavy atom. The number of aliphatic hydroxyl groups excluding tert-OH is 2. The molecule has 1 aliphatic heterocycles. The number of carbonyl (C=O) groups excluding carboxylic acids is 1. The summed E-state index contributed by atoms with van der Waals surface area (Å²) in [6.07, 6.45) is 11.8. The van der Waals surface area contributed by atoms with E-state index in [0.717, 1.165) is 54.0 Å². The summed E-state index contributed by atoms with van der Waals surface area (Å²) in [7, 11) is 0. The van der Waals surface area contributed by atoms with Crippen LogP contribution in [0.3, 0.4) is 0 Å². The maximum Gasteiger partial charge on any atom is 0.410 e. The number of allylic oxidation sites excluding steroid dienone is 1. The van der Waals surface area contributed by atoms with Crippen LogP contribution in [0.4, 0.5) is 4.79 Å². The molecule has 2 N–H and O–H groups in total. The van der Waals surface area contributed by atoms with Crippen LogP contribution in [0.5, 0.6) is 11.5 Å². The summed E-state index contributed by atoms with van der Waals surface area (Å²) in [5.41, 5.74) is 2.80. The van der Waals surface area contributed by atoms with Crippen molar-refractivity contribution in [3.8, 4) is 11.5 Å². The van der Waals surface area contributed by atoms with Crippen molar-refractivity contribution in [1.82, 2.24) is 4.90 Å². The molecule has 2 aliphatic carbocycles. The molecule has 6 atom stereocenters. The summed E-state index contributed by atoms with van der Waals surface area (Å²) in [6, 6.07) is 15.8. The zero-order chi connectivity index (χ0) is 39.8. The monoisotopic (exact) mass is 790 g/mol. The van der Waals surface area contributed by atoms with Crippen LogP contribution >= 0.6 is 11.8 Å². The predicted molar refractivity (Wildman–Crippen MR) is 222 cm³/mol. The van der Waals surface area contributed by atoms with Gasteiger partial charge in [-0.15, -0.1) is 24.9 Å². The number of hydrogen-bond donors (Lipinski definition) is 2. The lowest BCUT2D eigenvalue weighted by Crippen LogP contribution is -2.70. The Balaban J connectivity index is 1.67. The number of nitrogens with zero attached hydrogens (tertiary/aromatic N) is 2. The van der Waals surface area contributed by atoms with Gasteiger partial charge in [-0.2, -0.15) is 0 Å². The first kappa shape index (κ1) is 43.4. The predicted octanol–water partition coefficient (Wildman–Crippen LogP) is 8.94. The van der Waals surface area contributed by atoms with Gasteiger partial charge in [-0.25, -0.2) is 4.79 Å². The van der Waals surface area contributed by atoms with Crippen molar-refractivity contribution in [2.75, 3.05) is 51.9 Å². The second-order valence-corrected chi connectivity index (χ2v) is 15.8. The van der Waals surface area contributed by atoms with Crippen LogP contribution in [-0.2, 0) is 14.3 Å². The van der Waals surface area contributed by atoms with Crippen molar-refractivity contribution in [1.29, 1.82) is 0 Å². The Morgan fingerprint density at radius 3 is 2.54 bits per heavy atom. The molecule has 0 unspecified atom stereocenters. The molecule has 0 saturated heterocycles. The minimum Gasteiger partial charge on any atom is -0.493 e. The van der Waals surface area contributed by atoms with Gasteiger partial charge in [-0.05, 0) is 93.2 Å². The van der Waals surface area contributed by atoms with Crippen molar-refractivity contribution < 1.29 is 38.8 Å². The van der Waals surface area contributed by atoms with Crippen LogP contribution in [0.25, 0.3) is 0 Å². The van der Waals surface area contributed by atoms with Gasteiger partial charge in [0, 0.05) is 48.3 Å². The van der Waals surface area contributed by atoms with Crippen molar-refractivity contribution >= 4 is 23.6 Å². The molecule has 10 nitrogen and oxygen atoms in total. The van der Waals surface area contributed by atoms with E-state index in [9.17, 15) is 15.0 Å². The lowest BCUT2D eigenvalue weighted by Gasteiger charge is -2.59. The van der Waals surface area contributed by atoms with E-state index in [2.05, 4.69) is 37.4 Å². The summed E-state index contributed by atoms with van der Waals surface area (Å²) in [5.74, 6) is 0.677. The van der Waals surface area contributed by atoms with E-state index in [-0.39, 0.29) is 50.1 Å². The minimum atomic E-state index is -1.32. The van der Waals surface area contributed by atoms with Crippen molar-refractivity contribution in [2.24, 2.45) is 22.9 Å². The Kier molecular flexibility index (Phi) is 17.2. The molecular formula is C45H62N2O8S. The van der Waals surface area contributed by atoms with Crippen molar-refractivity contribution in [3.63, 3.8) is 0 Å². The maximum absolute atomic E-state index is 14.1. The summed E-state index contributed by atoms with van der Waals surface area (Å²) in [4.78, 5) is 22.9. The molecule has 306 valence electrons. The van der Waals surface area contributed by atoms with Crippen molar-refractivity contribution in [2.45, 2.75) is 94.3 Å². The summed E-state index contributed by atoms with van der Waals surface area (Å²) in [5, 5.41) is 24.5. The van der Waals surface area contributed by atoms with Crippen LogP contribution in [0.15, 0.2) is 95.5 Å². The average Bonchev–Trinajstić information content (AvgIpc) is 3.21. The number of carbonyl (C=O) groups is 1. The van der Waals surface area contributed by atoms with Crippen LogP contribution < -0.4 is 9.47 Å². The third-order valence-electron chi connectivity index (χ3n) is 10.9. The fraction of sp³-hybridized carbons (Fsp3) is 0.556. The Bertz CT molecular complexity index is 1620. The molecule has 1 heterocycles. The largest absolute Gasteiger partial charge is 0.493 e. The first-order chi connectivity index (χ1) is 27.5. The van der Waals surface area contributed by atoms with Crippen LogP contribution in [0, 0.1) is 17.8 Å². The molecule has 56 heavy (non-hydrogen) atoms. The van der Waals surface area contributed by atoms with Gasteiger partial charge in [-0.3, -0.25) is 4.90 Å². The van der Waals surface area contributed by atoms with Gasteiger partial charge in [0.25, 0.3) is 0 Å². The molecule has 1 amide bonds. The van der Waals surface area contributed by atoms with Gasteiger partial charge >= 0.3 is 6.09 Å². The quantitative estimate of drug-likeness (QED) is 0.0465. The highest BCUT2D eigenvalue weighted by atomic mass is 32.2. The second-order valence-electron chi connectivity index (χ2n) is 14.6. The Labute approximate surface area is 337 Å². The lowest BCUT2D eigenvalue weighted by molar-refractivity contribution is -0.255. The van der Waals surface area contributed by atoms with E-state index in [1.807, 2.05) is 44.2 Å². The van der Waals surface area contributed by atoms with Crippen LogP contribution in [0.2, 0.25) is 0 Å². The molecule has 11 heteroatoms. The third-order valence-corrected chi connectivity index (χ3v) is 11.9. The third kappa shape index (κ3) is 10.4. The van der Waals surface area contributed by atoms with Crippen LogP contribution in [-0.4, -0.2) is 90.7 Å². The first-order valence-electron chi connectivity index (χ1n) is 20.5.